The maximum absolute atomic E-state index is 12.5. The Hall–Kier alpha value is -0.0600. The van der Waals surface area contributed by atoms with Crippen LogP contribution in [0.5, 0.6) is 0 Å². The molecule has 0 atom stereocenters. The van der Waals surface area contributed by atoms with Crippen molar-refractivity contribution in [2.45, 2.75) is 38.1 Å². The first-order valence-electron chi connectivity index (χ1n) is 6.79. The Kier molecular flexibility index (Phi) is 5.55. The second-order valence-electron chi connectivity index (χ2n) is 5.67. The minimum Gasteiger partial charge on any atom is -0.346 e. The van der Waals surface area contributed by atoms with Gasteiger partial charge in [-0.05, 0) is 49.8 Å². The van der Waals surface area contributed by atoms with Gasteiger partial charge < -0.3 is 5.32 Å². The predicted octanol–water partition coefficient (Wildman–Crippen LogP) is 5.18. The van der Waals surface area contributed by atoms with E-state index in [4.69, 9.17) is 11.6 Å². The highest BCUT2D eigenvalue weighted by molar-refractivity contribution is 9.10. The van der Waals surface area contributed by atoms with Crippen molar-refractivity contribution in [1.29, 1.82) is 0 Å². The number of carbonyl (C=O) groups excluding carboxylic acids is 1. The molecule has 1 amide bonds. The highest BCUT2D eigenvalue weighted by Gasteiger charge is 2.35. The van der Waals surface area contributed by atoms with E-state index in [-0.39, 0.29) is 11.4 Å². The van der Waals surface area contributed by atoms with Crippen molar-refractivity contribution in [3.05, 3.63) is 33.3 Å². The SMILES string of the molecule is CC1CCC(CBr)(NC(=O)c2ccc(Br)cc2Cl)CC1. The summed E-state index contributed by atoms with van der Waals surface area (Å²) in [4.78, 5) is 12.5. The average Bonchev–Trinajstić information content (AvgIpc) is 2.41. The Morgan fingerprint density at radius 3 is 2.65 bits per heavy atom. The van der Waals surface area contributed by atoms with Crippen LogP contribution in [0.4, 0.5) is 0 Å². The number of carbonyl (C=O) groups is 1. The quantitative estimate of drug-likeness (QED) is 0.667. The number of amides is 1. The van der Waals surface area contributed by atoms with Crippen LogP contribution in [0, 0.1) is 5.92 Å². The van der Waals surface area contributed by atoms with E-state index in [2.05, 4.69) is 44.1 Å². The van der Waals surface area contributed by atoms with Crippen LogP contribution in [0.3, 0.4) is 0 Å². The number of rotatable bonds is 3. The fourth-order valence-corrected chi connectivity index (χ4v) is 4.05. The Labute approximate surface area is 141 Å². The van der Waals surface area contributed by atoms with Crippen molar-refractivity contribution >= 4 is 49.4 Å². The topological polar surface area (TPSA) is 29.1 Å². The second kappa shape index (κ2) is 6.80. The Morgan fingerprint density at radius 2 is 2.10 bits per heavy atom. The van der Waals surface area contributed by atoms with Crippen LogP contribution in [0.15, 0.2) is 22.7 Å². The van der Waals surface area contributed by atoms with E-state index in [1.807, 2.05) is 6.07 Å². The predicted molar refractivity (Wildman–Crippen MR) is 90.8 cm³/mol. The summed E-state index contributed by atoms with van der Waals surface area (Å²) in [6.07, 6.45) is 4.33. The molecule has 1 N–H and O–H groups in total. The van der Waals surface area contributed by atoms with Crippen molar-refractivity contribution in [1.82, 2.24) is 5.32 Å². The Balaban J connectivity index is 2.13. The minimum atomic E-state index is -0.139. The molecule has 0 saturated heterocycles. The molecule has 2 rings (SSSR count). The van der Waals surface area contributed by atoms with Crippen LogP contribution < -0.4 is 5.32 Å². The number of benzene rings is 1. The standard InChI is InChI=1S/C15H18Br2ClNO/c1-10-4-6-15(9-16,7-5-10)19-14(20)12-3-2-11(17)8-13(12)18/h2-3,8,10H,4-7,9H2,1H3,(H,19,20). The molecule has 1 aromatic rings. The summed E-state index contributed by atoms with van der Waals surface area (Å²) < 4.78 is 0.876. The van der Waals surface area contributed by atoms with E-state index in [1.165, 1.54) is 0 Å². The maximum Gasteiger partial charge on any atom is 0.253 e. The van der Waals surface area contributed by atoms with Gasteiger partial charge in [-0.1, -0.05) is 50.4 Å². The number of hydrogen-bond donors (Lipinski definition) is 1. The third-order valence-electron chi connectivity index (χ3n) is 4.04. The molecule has 1 aliphatic carbocycles. The Bertz CT molecular complexity index is 499. The third kappa shape index (κ3) is 3.77. The zero-order valence-electron chi connectivity index (χ0n) is 11.4. The van der Waals surface area contributed by atoms with Gasteiger partial charge in [-0.15, -0.1) is 0 Å². The molecule has 1 saturated carbocycles. The molecule has 5 heteroatoms. The highest BCUT2D eigenvalue weighted by Crippen LogP contribution is 2.34. The average molecular weight is 424 g/mol. The van der Waals surface area contributed by atoms with Gasteiger partial charge in [0.25, 0.3) is 5.91 Å². The van der Waals surface area contributed by atoms with Gasteiger partial charge in [-0.2, -0.15) is 0 Å². The molecule has 0 unspecified atom stereocenters. The summed E-state index contributed by atoms with van der Waals surface area (Å²) in [5, 5.41) is 4.46. The summed E-state index contributed by atoms with van der Waals surface area (Å²) in [5.74, 6) is 0.659. The molecule has 2 nitrogen and oxygen atoms in total. The summed E-state index contributed by atoms with van der Waals surface area (Å²) >= 11 is 13.1. The second-order valence-corrected chi connectivity index (χ2v) is 7.56. The summed E-state index contributed by atoms with van der Waals surface area (Å²) in [6.45, 7) is 2.27. The zero-order chi connectivity index (χ0) is 14.8. The van der Waals surface area contributed by atoms with Crippen LogP contribution in [-0.2, 0) is 0 Å². The monoisotopic (exact) mass is 421 g/mol. The van der Waals surface area contributed by atoms with Gasteiger partial charge in [0.15, 0.2) is 0 Å². The van der Waals surface area contributed by atoms with Crippen molar-refractivity contribution in [3.63, 3.8) is 0 Å². The third-order valence-corrected chi connectivity index (χ3v) is 5.92. The summed E-state index contributed by atoms with van der Waals surface area (Å²) in [5.41, 5.74) is 0.397. The van der Waals surface area contributed by atoms with Crippen LogP contribution in [0.1, 0.15) is 43.0 Å². The first kappa shape index (κ1) is 16.3. The van der Waals surface area contributed by atoms with E-state index in [0.29, 0.717) is 10.6 Å². The van der Waals surface area contributed by atoms with Gasteiger partial charge in [0.05, 0.1) is 16.1 Å². The molecule has 0 aliphatic heterocycles. The van der Waals surface area contributed by atoms with Crippen LogP contribution in [0.25, 0.3) is 0 Å². The smallest absolute Gasteiger partial charge is 0.253 e. The van der Waals surface area contributed by atoms with Crippen molar-refractivity contribution < 1.29 is 4.79 Å². The molecule has 1 aliphatic rings. The lowest BCUT2D eigenvalue weighted by atomic mass is 9.78. The molecule has 0 bridgehead atoms. The number of nitrogens with one attached hydrogen (secondary N) is 1. The van der Waals surface area contributed by atoms with E-state index >= 15 is 0 Å². The van der Waals surface area contributed by atoms with Crippen molar-refractivity contribution in [3.8, 4) is 0 Å². The van der Waals surface area contributed by atoms with Crippen LogP contribution in [0.2, 0.25) is 5.02 Å². The molecule has 1 aromatic carbocycles. The first-order chi connectivity index (χ1) is 9.46. The summed E-state index contributed by atoms with van der Waals surface area (Å²) in [7, 11) is 0. The largest absolute Gasteiger partial charge is 0.346 e. The normalized spacial score (nSPS) is 26.3. The minimum absolute atomic E-state index is 0.0866. The van der Waals surface area contributed by atoms with Gasteiger partial charge in [0, 0.05) is 9.80 Å². The lowest BCUT2D eigenvalue weighted by Gasteiger charge is -2.39. The van der Waals surface area contributed by atoms with Gasteiger partial charge in [0.2, 0.25) is 0 Å². The number of hydrogen-bond acceptors (Lipinski definition) is 1. The lowest BCUT2D eigenvalue weighted by molar-refractivity contribution is 0.0874. The Morgan fingerprint density at radius 1 is 1.45 bits per heavy atom. The van der Waals surface area contributed by atoms with E-state index in [0.717, 1.165) is 41.4 Å². The first-order valence-corrected chi connectivity index (χ1v) is 9.08. The molecule has 0 heterocycles. The van der Waals surface area contributed by atoms with E-state index in [1.54, 1.807) is 12.1 Å². The molecule has 1 fully saturated rings. The number of alkyl halides is 1. The maximum atomic E-state index is 12.5. The number of halogens is 3. The van der Waals surface area contributed by atoms with E-state index in [9.17, 15) is 4.79 Å². The molecule has 0 radical (unpaired) electrons. The molecule has 0 aromatic heterocycles. The zero-order valence-corrected chi connectivity index (χ0v) is 15.3. The highest BCUT2D eigenvalue weighted by atomic mass is 79.9. The molecular formula is C15H18Br2ClNO. The molecule has 0 spiro atoms. The summed E-state index contributed by atoms with van der Waals surface area (Å²) in [6, 6.07) is 5.35. The van der Waals surface area contributed by atoms with E-state index < -0.39 is 0 Å². The molecular weight excluding hydrogens is 405 g/mol. The lowest BCUT2D eigenvalue weighted by Crippen LogP contribution is -2.52. The van der Waals surface area contributed by atoms with Crippen molar-refractivity contribution in [2.24, 2.45) is 5.92 Å². The van der Waals surface area contributed by atoms with Crippen LogP contribution in [-0.4, -0.2) is 16.8 Å². The van der Waals surface area contributed by atoms with Gasteiger partial charge >= 0.3 is 0 Å². The fraction of sp³-hybridized carbons (Fsp3) is 0.533. The molecule has 20 heavy (non-hydrogen) atoms. The van der Waals surface area contributed by atoms with Crippen molar-refractivity contribution in [2.75, 3.05) is 5.33 Å². The van der Waals surface area contributed by atoms with Gasteiger partial charge in [0.1, 0.15) is 0 Å². The fourth-order valence-electron chi connectivity index (χ4n) is 2.59. The molecule has 110 valence electrons. The van der Waals surface area contributed by atoms with Gasteiger partial charge in [-0.25, -0.2) is 0 Å². The van der Waals surface area contributed by atoms with Gasteiger partial charge in [-0.3, -0.25) is 4.79 Å². The van der Waals surface area contributed by atoms with Crippen LogP contribution >= 0.6 is 43.5 Å².